The number of nitrogens with one attached hydrogen (secondary N) is 1. The van der Waals surface area contributed by atoms with Gasteiger partial charge >= 0.3 is 5.97 Å². The lowest BCUT2D eigenvalue weighted by Gasteiger charge is -2.40. The number of hydrogen-bond acceptors (Lipinski definition) is 10. The van der Waals surface area contributed by atoms with Crippen LogP contribution in [0.2, 0.25) is 0 Å². The van der Waals surface area contributed by atoms with Gasteiger partial charge in [0, 0.05) is 12.8 Å². The molecule has 0 radical (unpaired) electrons. The van der Waals surface area contributed by atoms with Crippen molar-refractivity contribution in [2.24, 2.45) is 0 Å². The molecule has 11 nitrogen and oxygen atoms in total. The molecule has 6 N–H and O–H groups in total. The number of allylic oxidation sites excluding steroid dienone is 9. The van der Waals surface area contributed by atoms with Crippen molar-refractivity contribution in [1.82, 2.24) is 5.32 Å². The molecule has 1 amide bonds. The first-order valence-corrected chi connectivity index (χ1v) is 37.6. The number of carbonyl (C=O) groups excluding carboxylic acids is 2. The molecule has 0 bridgehead atoms. The van der Waals surface area contributed by atoms with Gasteiger partial charge in [0.05, 0.1) is 32.0 Å². The van der Waals surface area contributed by atoms with Gasteiger partial charge in [0.1, 0.15) is 24.4 Å². The Bertz CT molecular complexity index is 1650. The first-order valence-electron chi connectivity index (χ1n) is 37.6. The highest BCUT2D eigenvalue weighted by molar-refractivity contribution is 5.76. The van der Waals surface area contributed by atoms with E-state index in [0.717, 1.165) is 70.6 Å². The van der Waals surface area contributed by atoms with Crippen molar-refractivity contribution in [3.63, 3.8) is 0 Å². The summed E-state index contributed by atoms with van der Waals surface area (Å²) in [7, 11) is 0. The van der Waals surface area contributed by atoms with E-state index in [1.165, 1.54) is 257 Å². The van der Waals surface area contributed by atoms with Crippen LogP contribution in [0.1, 0.15) is 354 Å². The van der Waals surface area contributed by atoms with Gasteiger partial charge in [-0.2, -0.15) is 0 Å². The zero-order chi connectivity index (χ0) is 63.7. The number of unbranched alkanes of at least 4 members (excludes halogenated alkanes) is 44. The fraction of sp³-hybridized carbons (Fsp3) is 0.844. The minimum Gasteiger partial charge on any atom is -0.466 e. The Morgan fingerprint density at radius 2 is 0.773 bits per heavy atom. The summed E-state index contributed by atoms with van der Waals surface area (Å²) in [6, 6.07) is -0.809. The molecule has 0 saturated carbocycles. The highest BCUT2D eigenvalue weighted by atomic mass is 16.7. The van der Waals surface area contributed by atoms with Gasteiger partial charge in [-0.1, -0.05) is 312 Å². The molecular formula is C77H141NO10. The van der Waals surface area contributed by atoms with Gasteiger partial charge in [-0.05, 0) is 89.9 Å². The predicted molar refractivity (Wildman–Crippen MR) is 370 cm³/mol. The first kappa shape index (κ1) is 83.4. The standard InChI is InChI=1S/C77H141NO10/c1-3-5-7-9-11-13-15-17-41-45-49-53-57-61-65-73(82)86-66-62-58-54-50-46-42-38-36-34-32-30-28-26-24-22-20-18-19-21-23-25-27-29-31-33-35-37-40-44-48-52-56-60-64-72(81)78-69(68-87-77-76(85)75(84)74(83)71(67-79)88-77)70(80)63-59-55-51-47-43-39-16-14-12-10-8-6-4-2/h9,11,15,17,22,24,28,30,59,63,69-71,74-77,79-80,83-85H,3-8,10,12-14,16,18-21,23,25-27,29,31-58,60-62,64-68H2,1-2H3,(H,78,81)/b11-9-,17-15-,24-22-,30-28-,63-59+. The summed E-state index contributed by atoms with van der Waals surface area (Å²) in [5.41, 5.74) is 0. The monoisotopic (exact) mass is 1240 g/mol. The van der Waals surface area contributed by atoms with Crippen molar-refractivity contribution in [3.05, 3.63) is 60.8 Å². The zero-order valence-electron chi connectivity index (χ0n) is 57.2. The van der Waals surface area contributed by atoms with Crippen LogP contribution < -0.4 is 5.32 Å². The third-order valence-electron chi connectivity index (χ3n) is 17.6. The Labute approximate surface area is 541 Å². The molecule has 1 fully saturated rings. The third kappa shape index (κ3) is 54.0. The van der Waals surface area contributed by atoms with Gasteiger partial charge < -0.3 is 45.1 Å². The van der Waals surface area contributed by atoms with Crippen LogP contribution in [0.15, 0.2) is 60.8 Å². The summed E-state index contributed by atoms with van der Waals surface area (Å²) in [6.45, 7) is 4.32. The van der Waals surface area contributed by atoms with Gasteiger partial charge in [0.2, 0.25) is 5.91 Å². The quantitative estimate of drug-likeness (QED) is 0.0195. The lowest BCUT2D eigenvalue weighted by Crippen LogP contribution is -2.60. The highest BCUT2D eigenvalue weighted by Crippen LogP contribution is 2.23. The second kappa shape index (κ2) is 65.8. The van der Waals surface area contributed by atoms with Gasteiger partial charge in [-0.3, -0.25) is 9.59 Å². The van der Waals surface area contributed by atoms with Crippen molar-refractivity contribution < 1.29 is 49.3 Å². The fourth-order valence-corrected chi connectivity index (χ4v) is 11.7. The van der Waals surface area contributed by atoms with Crippen LogP contribution in [0.3, 0.4) is 0 Å². The number of esters is 1. The van der Waals surface area contributed by atoms with Crippen LogP contribution in [0, 0.1) is 0 Å². The van der Waals surface area contributed by atoms with Gasteiger partial charge in [-0.15, -0.1) is 0 Å². The number of amides is 1. The molecule has 514 valence electrons. The average Bonchev–Trinajstić information content (AvgIpc) is 3.19. The van der Waals surface area contributed by atoms with E-state index in [2.05, 4.69) is 67.8 Å². The van der Waals surface area contributed by atoms with Crippen molar-refractivity contribution in [2.45, 2.75) is 397 Å². The number of rotatable bonds is 66. The maximum absolute atomic E-state index is 13.1. The van der Waals surface area contributed by atoms with Crippen molar-refractivity contribution in [1.29, 1.82) is 0 Å². The van der Waals surface area contributed by atoms with E-state index < -0.39 is 49.5 Å². The summed E-state index contributed by atoms with van der Waals surface area (Å²) < 4.78 is 16.8. The Kier molecular flexibility index (Phi) is 62.4. The van der Waals surface area contributed by atoms with E-state index >= 15 is 0 Å². The van der Waals surface area contributed by atoms with E-state index in [9.17, 15) is 35.1 Å². The van der Waals surface area contributed by atoms with Crippen LogP contribution >= 0.6 is 0 Å². The van der Waals surface area contributed by atoms with Gasteiger partial charge in [0.25, 0.3) is 0 Å². The normalized spacial score (nSPS) is 18.1. The first-order chi connectivity index (χ1) is 43.2. The molecular weight excluding hydrogens is 1100 g/mol. The number of hydrogen-bond donors (Lipinski definition) is 6. The SMILES string of the molecule is CCCC/C=C\C/C=C\CCCCCCCC(=O)OCCCCCCCCCCC/C=C\C/C=C\CCCCCCCCCCCCCCCCCCCC(=O)NC(COC1OC(CO)C(O)C(O)C1O)C(O)/C=C/CCCCCCCCCCCCC. The second-order valence-corrected chi connectivity index (χ2v) is 26.0. The van der Waals surface area contributed by atoms with Gasteiger partial charge in [-0.25, -0.2) is 0 Å². The molecule has 1 aliphatic rings. The van der Waals surface area contributed by atoms with Crippen LogP contribution in [-0.2, 0) is 23.8 Å². The Morgan fingerprint density at radius 3 is 1.18 bits per heavy atom. The lowest BCUT2D eigenvalue weighted by atomic mass is 9.99. The third-order valence-corrected chi connectivity index (χ3v) is 17.6. The second-order valence-electron chi connectivity index (χ2n) is 26.0. The van der Waals surface area contributed by atoms with Crippen molar-refractivity contribution in [2.75, 3.05) is 19.8 Å². The molecule has 1 heterocycles. The molecule has 1 aliphatic heterocycles. The van der Waals surface area contributed by atoms with E-state index in [0.29, 0.717) is 19.4 Å². The maximum atomic E-state index is 13.1. The highest BCUT2D eigenvalue weighted by Gasteiger charge is 2.44. The van der Waals surface area contributed by atoms with E-state index in [-0.39, 0.29) is 18.5 Å². The van der Waals surface area contributed by atoms with Gasteiger partial charge in [0.15, 0.2) is 6.29 Å². The minimum atomic E-state index is -1.57. The van der Waals surface area contributed by atoms with E-state index in [1.54, 1.807) is 6.08 Å². The summed E-state index contributed by atoms with van der Waals surface area (Å²) in [5, 5.41) is 54.5. The molecule has 7 unspecified atom stereocenters. The van der Waals surface area contributed by atoms with Crippen molar-refractivity contribution in [3.8, 4) is 0 Å². The topological polar surface area (TPSA) is 175 Å². The molecule has 0 spiro atoms. The lowest BCUT2D eigenvalue weighted by molar-refractivity contribution is -0.302. The van der Waals surface area contributed by atoms with Crippen molar-refractivity contribution >= 4 is 11.9 Å². The van der Waals surface area contributed by atoms with Crippen LogP contribution in [0.5, 0.6) is 0 Å². The van der Waals surface area contributed by atoms with E-state index in [4.69, 9.17) is 14.2 Å². The molecule has 1 saturated heterocycles. The number of ether oxygens (including phenoxy) is 3. The number of aliphatic hydroxyl groups is 5. The zero-order valence-corrected chi connectivity index (χ0v) is 57.2. The smallest absolute Gasteiger partial charge is 0.305 e. The summed E-state index contributed by atoms with van der Waals surface area (Å²) >= 11 is 0. The maximum Gasteiger partial charge on any atom is 0.305 e. The largest absolute Gasteiger partial charge is 0.466 e. The summed E-state index contributed by atoms with van der Waals surface area (Å²) in [6.07, 6.45) is 77.9. The van der Waals surface area contributed by atoms with Crippen LogP contribution in [0.25, 0.3) is 0 Å². The molecule has 0 aliphatic carbocycles. The molecule has 0 aromatic rings. The Morgan fingerprint density at radius 1 is 0.420 bits per heavy atom. The predicted octanol–water partition coefficient (Wildman–Crippen LogP) is 19.7. The molecule has 1 rings (SSSR count). The average molecular weight is 1240 g/mol. The molecule has 0 aromatic heterocycles. The number of carbonyl (C=O) groups is 2. The Hall–Kier alpha value is -2.64. The Balaban J connectivity index is 1.95. The molecule has 11 heteroatoms. The minimum absolute atomic E-state index is 0.00787. The molecule has 88 heavy (non-hydrogen) atoms. The van der Waals surface area contributed by atoms with E-state index in [1.807, 2.05) is 6.08 Å². The molecule has 7 atom stereocenters. The van der Waals surface area contributed by atoms with Crippen LogP contribution in [0.4, 0.5) is 0 Å². The fourth-order valence-electron chi connectivity index (χ4n) is 11.7. The summed E-state index contributed by atoms with van der Waals surface area (Å²) in [5.74, 6) is -0.186. The number of aliphatic hydroxyl groups excluding tert-OH is 5. The van der Waals surface area contributed by atoms with Crippen LogP contribution in [-0.4, -0.2) is 100 Å². The molecule has 0 aromatic carbocycles. The summed E-state index contributed by atoms with van der Waals surface area (Å²) in [4.78, 5) is 25.1.